The Hall–Kier alpha value is -4.18. The van der Waals surface area contributed by atoms with Crippen molar-refractivity contribution in [1.29, 1.82) is 0 Å². The highest BCUT2D eigenvalue weighted by molar-refractivity contribution is 7.92. The van der Waals surface area contributed by atoms with E-state index in [4.69, 9.17) is 9.47 Å². The van der Waals surface area contributed by atoms with E-state index in [1.807, 2.05) is 84.9 Å². The SMILES string of the molecule is Cl.O=P(COc1ccc(CCNC[C@H](O)COc2ccc(F)c(NS(=O)(=O)c3ccccc3)c2)cc1)(c1ccccc1)c1ccccc1. The number of anilines is 1. The van der Waals surface area contributed by atoms with Crippen LogP contribution < -0.4 is 30.1 Å². The molecule has 5 aromatic carbocycles. The average Bonchev–Trinajstić information content (AvgIpc) is 3.11. The molecule has 0 aromatic heterocycles. The van der Waals surface area contributed by atoms with E-state index in [1.54, 1.807) is 18.2 Å². The van der Waals surface area contributed by atoms with Gasteiger partial charge in [0.05, 0.1) is 10.6 Å². The zero-order chi connectivity index (χ0) is 33.1. The van der Waals surface area contributed by atoms with Gasteiger partial charge in [-0.25, -0.2) is 12.8 Å². The van der Waals surface area contributed by atoms with E-state index >= 15 is 0 Å². The minimum Gasteiger partial charge on any atom is -0.491 e. The minimum atomic E-state index is -3.98. The Kier molecular flexibility index (Phi) is 13.2. The van der Waals surface area contributed by atoms with Crippen LogP contribution >= 0.6 is 19.5 Å². The molecule has 0 aliphatic heterocycles. The lowest BCUT2D eigenvalue weighted by molar-refractivity contribution is 0.106. The highest BCUT2D eigenvalue weighted by Crippen LogP contribution is 2.43. The molecule has 0 unspecified atom stereocenters. The van der Waals surface area contributed by atoms with Gasteiger partial charge in [-0.15, -0.1) is 12.4 Å². The molecule has 252 valence electrons. The summed E-state index contributed by atoms with van der Waals surface area (Å²) in [7, 11) is -6.97. The Bertz CT molecular complexity index is 1840. The van der Waals surface area contributed by atoms with E-state index in [0.29, 0.717) is 18.7 Å². The number of hydrogen-bond acceptors (Lipinski definition) is 7. The van der Waals surface area contributed by atoms with E-state index in [1.165, 1.54) is 24.3 Å². The molecular formula is C36H37ClFN2O6PS. The van der Waals surface area contributed by atoms with Crippen LogP contribution in [0.1, 0.15) is 5.56 Å². The normalized spacial score (nSPS) is 12.0. The van der Waals surface area contributed by atoms with E-state index in [0.717, 1.165) is 22.2 Å². The van der Waals surface area contributed by atoms with Gasteiger partial charge in [0.15, 0.2) is 7.14 Å². The van der Waals surface area contributed by atoms with Crippen LogP contribution in [0.5, 0.6) is 11.5 Å². The maximum atomic E-state index is 14.3. The van der Waals surface area contributed by atoms with Crippen molar-refractivity contribution >= 4 is 45.9 Å². The summed E-state index contributed by atoms with van der Waals surface area (Å²) in [4.78, 5) is 0.00525. The summed E-state index contributed by atoms with van der Waals surface area (Å²) in [6.07, 6.45) is -0.113. The lowest BCUT2D eigenvalue weighted by Crippen LogP contribution is -2.32. The van der Waals surface area contributed by atoms with Gasteiger partial charge < -0.3 is 24.5 Å². The van der Waals surface area contributed by atoms with Gasteiger partial charge in [-0.05, 0) is 54.9 Å². The van der Waals surface area contributed by atoms with Gasteiger partial charge in [0.1, 0.15) is 36.4 Å². The summed E-state index contributed by atoms with van der Waals surface area (Å²) in [5.41, 5.74) is 0.804. The standard InChI is InChI=1S/C36H36FN2O6PS.ClH/c37-35-21-20-31(24-36(35)39-47(42,43)34-14-8-3-9-15-34)44-26-29(40)25-38-23-22-28-16-18-30(19-17-28)45-27-46(41,32-10-4-1-5-11-32)33-12-6-2-7-13-33;/h1-21,24,29,38-40H,22-23,25-27H2;1H/t29-;/m0./s1. The van der Waals surface area contributed by atoms with Crippen LogP contribution in [0.25, 0.3) is 0 Å². The number of aliphatic hydroxyl groups is 1. The average molecular weight is 711 g/mol. The summed E-state index contributed by atoms with van der Waals surface area (Å²) in [6, 6.07) is 37.8. The Morgan fingerprint density at radius 1 is 0.750 bits per heavy atom. The van der Waals surface area contributed by atoms with Crippen LogP contribution in [0.15, 0.2) is 138 Å². The summed E-state index contributed by atoms with van der Waals surface area (Å²) in [5, 5.41) is 15.1. The molecule has 3 N–H and O–H groups in total. The number of aliphatic hydroxyl groups excluding tert-OH is 1. The van der Waals surface area contributed by atoms with Crippen LogP contribution in [0.4, 0.5) is 10.1 Å². The molecule has 0 saturated heterocycles. The van der Waals surface area contributed by atoms with Crippen LogP contribution in [-0.4, -0.2) is 45.7 Å². The molecule has 5 rings (SSSR count). The highest BCUT2D eigenvalue weighted by atomic mass is 35.5. The van der Waals surface area contributed by atoms with Gasteiger partial charge in [0.25, 0.3) is 10.0 Å². The predicted molar refractivity (Wildman–Crippen MR) is 191 cm³/mol. The molecule has 12 heteroatoms. The van der Waals surface area contributed by atoms with Crippen molar-refractivity contribution < 1.29 is 32.0 Å². The molecule has 0 bridgehead atoms. The fraction of sp³-hybridized carbons (Fsp3) is 0.167. The first-order chi connectivity index (χ1) is 22.7. The summed E-state index contributed by atoms with van der Waals surface area (Å²) < 4.78 is 67.5. The molecule has 1 atom stereocenters. The van der Waals surface area contributed by atoms with Crippen molar-refractivity contribution in [2.45, 2.75) is 17.4 Å². The number of hydrogen-bond donors (Lipinski definition) is 3. The second kappa shape index (κ2) is 17.3. The Morgan fingerprint density at radius 2 is 1.31 bits per heavy atom. The van der Waals surface area contributed by atoms with Crippen LogP contribution in [0.2, 0.25) is 0 Å². The smallest absolute Gasteiger partial charge is 0.261 e. The molecule has 0 amide bonds. The summed E-state index contributed by atoms with van der Waals surface area (Å²) in [5.74, 6) is 0.0821. The number of rotatable bonds is 16. The van der Waals surface area contributed by atoms with Crippen molar-refractivity contribution in [2.75, 3.05) is 30.8 Å². The third kappa shape index (κ3) is 9.92. The zero-order valence-electron chi connectivity index (χ0n) is 25.9. The highest BCUT2D eigenvalue weighted by Gasteiger charge is 2.28. The largest absolute Gasteiger partial charge is 0.491 e. The molecule has 8 nitrogen and oxygen atoms in total. The number of sulfonamides is 1. The van der Waals surface area contributed by atoms with Crippen LogP contribution in [-0.2, 0) is 21.0 Å². The summed E-state index contributed by atoms with van der Waals surface area (Å²) >= 11 is 0. The van der Waals surface area contributed by atoms with Gasteiger partial charge in [-0.3, -0.25) is 4.72 Å². The number of ether oxygens (including phenoxy) is 2. The minimum absolute atomic E-state index is 0. The fourth-order valence-corrected chi connectivity index (χ4v) is 8.10. The Labute approximate surface area is 286 Å². The molecule has 0 aliphatic rings. The molecule has 5 aromatic rings. The van der Waals surface area contributed by atoms with Crippen LogP contribution in [0.3, 0.4) is 0 Å². The first kappa shape index (κ1) is 36.7. The molecule has 0 heterocycles. The number of nitrogens with one attached hydrogen (secondary N) is 2. The second-order valence-electron chi connectivity index (χ2n) is 10.8. The maximum Gasteiger partial charge on any atom is 0.261 e. The van der Waals surface area contributed by atoms with E-state index in [2.05, 4.69) is 10.0 Å². The monoisotopic (exact) mass is 710 g/mol. The predicted octanol–water partition coefficient (Wildman–Crippen LogP) is 5.97. The van der Waals surface area contributed by atoms with Crippen molar-refractivity contribution in [3.63, 3.8) is 0 Å². The van der Waals surface area contributed by atoms with E-state index in [-0.39, 0.29) is 48.2 Å². The summed E-state index contributed by atoms with van der Waals surface area (Å²) in [6.45, 7) is 0.770. The maximum absolute atomic E-state index is 14.3. The molecule has 0 radical (unpaired) electrons. The fourth-order valence-electron chi connectivity index (χ4n) is 4.78. The van der Waals surface area contributed by atoms with Crippen molar-refractivity contribution in [3.8, 4) is 11.5 Å². The van der Waals surface area contributed by atoms with Gasteiger partial charge >= 0.3 is 0 Å². The van der Waals surface area contributed by atoms with Crippen molar-refractivity contribution in [2.24, 2.45) is 0 Å². The molecule has 0 aliphatic carbocycles. The Balaban J connectivity index is 0.00000520. The molecule has 48 heavy (non-hydrogen) atoms. The van der Waals surface area contributed by atoms with Gasteiger partial charge in [0.2, 0.25) is 0 Å². The molecule has 0 fully saturated rings. The third-order valence-electron chi connectivity index (χ3n) is 7.33. The number of halogens is 2. The van der Waals surface area contributed by atoms with Crippen LogP contribution in [0, 0.1) is 5.82 Å². The van der Waals surface area contributed by atoms with Gasteiger partial charge in [-0.2, -0.15) is 0 Å². The Morgan fingerprint density at radius 3 is 1.92 bits per heavy atom. The van der Waals surface area contributed by atoms with Crippen molar-refractivity contribution in [1.82, 2.24) is 5.32 Å². The topological polar surface area (TPSA) is 114 Å². The first-order valence-electron chi connectivity index (χ1n) is 15.0. The first-order valence-corrected chi connectivity index (χ1v) is 18.4. The zero-order valence-corrected chi connectivity index (χ0v) is 28.5. The van der Waals surface area contributed by atoms with Gasteiger partial charge in [-0.1, -0.05) is 91.0 Å². The molecule has 0 saturated carbocycles. The lowest BCUT2D eigenvalue weighted by atomic mass is 10.1. The molecule has 0 spiro atoms. The van der Waals surface area contributed by atoms with Gasteiger partial charge in [0, 0.05) is 23.2 Å². The third-order valence-corrected chi connectivity index (χ3v) is 11.5. The second-order valence-corrected chi connectivity index (χ2v) is 15.3. The van der Waals surface area contributed by atoms with E-state index in [9.17, 15) is 22.5 Å². The quantitative estimate of drug-likeness (QED) is 0.0855. The van der Waals surface area contributed by atoms with E-state index < -0.39 is 29.1 Å². The lowest BCUT2D eigenvalue weighted by Gasteiger charge is -2.20. The molecular weight excluding hydrogens is 674 g/mol. The number of benzene rings is 5. The van der Waals surface area contributed by atoms with Crippen molar-refractivity contribution in [3.05, 3.63) is 145 Å².